The molecule has 0 N–H and O–H groups in total. The molecule has 6 nitrogen and oxygen atoms in total. The van der Waals surface area contributed by atoms with Gasteiger partial charge in [-0.25, -0.2) is 9.79 Å². The van der Waals surface area contributed by atoms with Crippen LogP contribution < -0.4 is 9.47 Å². The molecular weight excluding hydrogens is 364 g/mol. The van der Waals surface area contributed by atoms with Gasteiger partial charge in [0.15, 0.2) is 16.7 Å². The second kappa shape index (κ2) is 8.23. The fourth-order valence-corrected chi connectivity index (χ4v) is 3.78. The first-order valence-electron chi connectivity index (χ1n) is 8.43. The number of fused-ring (bicyclic) bond motifs is 1. The Kier molecular flexibility index (Phi) is 5.77. The number of aliphatic imine (C=N–C) groups is 1. The third-order valence-electron chi connectivity index (χ3n) is 4.13. The molecule has 1 aromatic rings. The Morgan fingerprint density at radius 1 is 1.41 bits per heavy atom. The van der Waals surface area contributed by atoms with Gasteiger partial charge in [0.25, 0.3) is 0 Å². The molecule has 140 valence electrons. The van der Waals surface area contributed by atoms with Gasteiger partial charge in [0, 0.05) is 6.20 Å². The number of benzene rings is 1. The maximum absolute atomic E-state index is 12.7. The van der Waals surface area contributed by atoms with Crippen LogP contribution in [0.4, 0.5) is 0 Å². The number of ether oxygens (including phenoxy) is 3. The number of methoxy groups -OCH3 is 1. The summed E-state index contributed by atoms with van der Waals surface area (Å²) < 4.78 is 16.3. The van der Waals surface area contributed by atoms with Crippen LogP contribution in [0.15, 0.2) is 46.1 Å². The van der Waals surface area contributed by atoms with Crippen molar-refractivity contribution in [3.63, 3.8) is 0 Å². The van der Waals surface area contributed by atoms with Crippen molar-refractivity contribution < 1.29 is 19.0 Å². The molecule has 0 amide bonds. The minimum absolute atomic E-state index is 0.147. The summed E-state index contributed by atoms with van der Waals surface area (Å²) in [6.07, 6.45) is 7.18. The van der Waals surface area contributed by atoms with Gasteiger partial charge in [-0.2, -0.15) is 0 Å². The molecule has 0 saturated heterocycles. The smallest absolute Gasteiger partial charge is 0.338 e. The summed E-state index contributed by atoms with van der Waals surface area (Å²) in [5.41, 5.74) is 2.02. The molecule has 7 heteroatoms. The Morgan fingerprint density at radius 3 is 2.93 bits per heavy atom. The summed E-state index contributed by atoms with van der Waals surface area (Å²) in [4.78, 5) is 19.2. The van der Waals surface area contributed by atoms with Crippen LogP contribution in [0.3, 0.4) is 0 Å². The highest BCUT2D eigenvalue weighted by Crippen LogP contribution is 2.43. The average Bonchev–Trinajstić information content (AvgIpc) is 3.13. The van der Waals surface area contributed by atoms with Gasteiger partial charge >= 0.3 is 5.97 Å². The van der Waals surface area contributed by atoms with E-state index in [4.69, 9.17) is 20.6 Å². The fraction of sp³-hybridized carbons (Fsp3) is 0.300. The number of esters is 1. The van der Waals surface area contributed by atoms with Crippen molar-refractivity contribution in [3.05, 3.63) is 46.6 Å². The first kappa shape index (κ1) is 18.9. The van der Waals surface area contributed by atoms with Crippen molar-refractivity contribution in [2.24, 2.45) is 4.99 Å². The van der Waals surface area contributed by atoms with Gasteiger partial charge in [0.05, 0.1) is 31.0 Å². The van der Waals surface area contributed by atoms with Gasteiger partial charge in [0.1, 0.15) is 6.61 Å². The van der Waals surface area contributed by atoms with Crippen molar-refractivity contribution in [1.29, 1.82) is 0 Å². The van der Waals surface area contributed by atoms with Crippen LogP contribution in [0.1, 0.15) is 25.5 Å². The summed E-state index contributed by atoms with van der Waals surface area (Å²) >= 11 is 1.51. The van der Waals surface area contributed by atoms with E-state index in [1.807, 2.05) is 35.6 Å². The Balaban J connectivity index is 2.06. The lowest BCUT2D eigenvalue weighted by Gasteiger charge is -2.33. The number of carbonyl (C=O) groups excluding carboxylic acids is 1. The first-order valence-corrected chi connectivity index (χ1v) is 9.31. The highest BCUT2D eigenvalue weighted by molar-refractivity contribution is 8.16. The molecule has 1 atom stereocenters. The molecule has 0 fully saturated rings. The summed E-state index contributed by atoms with van der Waals surface area (Å²) in [7, 11) is 1.56. The number of terminal acetylenes is 1. The summed E-state index contributed by atoms with van der Waals surface area (Å²) in [6.45, 7) is 4.05. The lowest BCUT2D eigenvalue weighted by molar-refractivity contribution is -0.139. The molecule has 0 aliphatic carbocycles. The van der Waals surface area contributed by atoms with Crippen molar-refractivity contribution in [2.75, 3.05) is 20.3 Å². The van der Waals surface area contributed by atoms with E-state index in [0.717, 1.165) is 10.7 Å². The van der Waals surface area contributed by atoms with Gasteiger partial charge < -0.3 is 19.1 Å². The Morgan fingerprint density at radius 2 is 2.22 bits per heavy atom. The molecule has 2 aliphatic heterocycles. The molecule has 2 aliphatic rings. The monoisotopic (exact) mass is 384 g/mol. The number of rotatable bonds is 6. The Hall–Kier alpha value is -2.85. The highest BCUT2D eigenvalue weighted by atomic mass is 32.2. The van der Waals surface area contributed by atoms with E-state index < -0.39 is 0 Å². The third-order valence-corrected chi connectivity index (χ3v) is 4.90. The molecule has 0 unspecified atom stereocenters. The number of allylic oxidation sites excluding steroid dienone is 1. The quantitative estimate of drug-likeness (QED) is 0.553. The number of amidine groups is 1. The van der Waals surface area contributed by atoms with Gasteiger partial charge in [-0.05, 0) is 37.0 Å². The van der Waals surface area contributed by atoms with Gasteiger partial charge in [-0.15, -0.1) is 6.42 Å². The zero-order chi connectivity index (χ0) is 19.4. The van der Waals surface area contributed by atoms with E-state index in [-0.39, 0.29) is 18.6 Å². The zero-order valence-electron chi connectivity index (χ0n) is 15.4. The number of nitrogens with zero attached hydrogens (tertiary/aromatic N) is 2. The molecule has 2 heterocycles. The van der Waals surface area contributed by atoms with Crippen LogP contribution in [0.2, 0.25) is 0 Å². The normalized spacial score (nSPS) is 17.9. The van der Waals surface area contributed by atoms with E-state index in [0.29, 0.717) is 29.4 Å². The third kappa shape index (κ3) is 3.67. The van der Waals surface area contributed by atoms with Crippen LogP contribution >= 0.6 is 11.8 Å². The molecule has 0 aromatic heterocycles. The van der Waals surface area contributed by atoms with E-state index in [1.165, 1.54) is 11.8 Å². The van der Waals surface area contributed by atoms with Crippen LogP contribution in [-0.4, -0.2) is 36.4 Å². The number of carbonyl (C=O) groups is 1. The zero-order valence-corrected chi connectivity index (χ0v) is 16.2. The number of thioether (sulfide) groups is 1. The van der Waals surface area contributed by atoms with Crippen molar-refractivity contribution in [3.8, 4) is 23.8 Å². The number of hydrogen-bond acceptors (Lipinski definition) is 7. The second-order valence-electron chi connectivity index (χ2n) is 5.73. The second-order valence-corrected chi connectivity index (χ2v) is 6.60. The van der Waals surface area contributed by atoms with Gasteiger partial charge in [0.2, 0.25) is 0 Å². The van der Waals surface area contributed by atoms with E-state index in [1.54, 1.807) is 20.1 Å². The van der Waals surface area contributed by atoms with Crippen LogP contribution in [0, 0.1) is 12.3 Å². The molecule has 1 aromatic carbocycles. The largest absolute Gasteiger partial charge is 0.493 e. The maximum Gasteiger partial charge on any atom is 0.338 e. The lowest BCUT2D eigenvalue weighted by atomic mass is 9.94. The maximum atomic E-state index is 12.7. The van der Waals surface area contributed by atoms with Crippen LogP contribution in [-0.2, 0) is 9.53 Å². The predicted octanol–water partition coefficient (Wildman–Crippen LogP) is 3.48. The summed E-state index contributed by atoms with van der Waals surface area (Å²) in [6, 6.07) is 5.18. The predicted molar refractivity (Wildman–Crippen MR) is 105 cm³/mol. The first-order chi connectivity index (χ1) is 13.1. The lowest BCUT2D eigenvalue weighted by Crippen LogP contribution is -2.34. The number of hydrogen-bond donors (Lipinski definition) is 0. The molecule has 0 spiro atoms. The van der Waals surface area contributed by atoms with E-state index >= 15 is 0 Å². The fourth-order valence-electron chi connectivity index (χ4n) is 2.99. The molecule has 0 saturated carbocycles. The Bertz CT molecular complexity index is 882. The minimum atomic E-state index is -0.375. The molecule has 0 radical (unpaired) electrons. The average molecular weight is 384 g/mol. The molecule has 0 bridgehead atoms. The summed E-state index contributed by atoms with van der Waals surface area (Å²) in [5.74, 6) is 3.15. The minimum Gasteiger partial charge on any atom is -0.493 e. The SMILES string of the molecule is C#CCOc1ccc([C@H]2C(C(=O)OCC)=C(C)N=C3SC=CN32)cc1OC. The summed E-state index contributed by atoms with van der Waals surface area (Å²) in [5, 5.41) is 2.76. The van der Waals surface area contributed by atoms with Gasteiger partial charge in [-0.1, -0.05) is 23.7 Å². The van der Waals surface area contributed by atoms with Crippen LogP contribution in [0.5, 0.6) is 11.5 Å². The van der Waals surface area contributed by atoms with E-state index in [9.17, 15) is 4.79 Å². The topological polar surface area (TPSA) is 60.4 Å². The standard InChI is InChI=1S/C20H20N2O4S/c1-5-10-26-15-8-7-14(12-16(15)24-4)18-17(19(23)25-6-2)13(3)21-20-22(18)9-11-27-20/h1,7-9,11-12,18H,6,10H2,2-4H3/t18-/m0/s1. The van der Waals surface area contributed by atoms with Gasteiger partial charge in [-0.3, -0.25) is 0 Å². The molecule has 27 heavy (non-hydrogen) atoms. The molecule has 3 rings (SSSR count). The molecular formula is C20H20N2O4S. The van der Waals surface area contributed by atoms with Crippen molar-refractivity contribution >= 4 is 22.9 Å². The van der Waals surface area contributed by atoms with Crippen molar-refractivity contribution in [1.82, 2.24) is 4.90 Å². The van der Waals surface area contributed by atoms with Crippen molar-refractivity contribution in [2.45, 2.75) is 19.9 Å². The Labute approximate surface area is 162 Å². The highest BCUT2D eigenvalue weighted by Gasteiger charge is 2.37. The van der Waals surface area contributed by atoms with E-state index in [2.05, 4.69) is 10.9 Å². The van der Waals surface area contributed by atoms with Crippen LogP contribution in [0.25, 0.3) is 0 Å².